The first kappa shape index (κ1) is 7.00. The van der Waals surface area contributed by atoms with Crippen LogP contribution in [0.15, 0.2) is 36.7 Å². The van der Waals surface area contributed by atoms with Crippen LogP contribution in [-0.4, -0.2) is 0 Å². The van der Waals surface area contributed by atoms with Gasteiger partial charge in [0.25, 0.3) is 0 Å². The van der Waals surface area contributed by atoms with Gasteiger partial charge in [-0.3, -0.25) is 0 Å². The third kappa shape index (κ3) is 2.02. The number of halogens is 1. The molecule has 0 bridgehead atoms. The minimum absolute atomic E-state index is 0.556. The Bertz CT molecular complexity index is 201. The Balaban J connectivity index is 2.59. The largest absolute Gasteiger partial charge is 0.216 e. The van der Waals surface area contributed by atoms with Crippen molar-refractivity contribution < 1.29 is 4.39 Å². The van der Waals surface area contributed by atoms with Crippen LogP contribution in [0.1, 0.15) is 5.56 Å². The van der Waals surface area contributed by atoms with Gasteiger partial charge >= 0.3 is 0 Å². The Morgan fingerprint density at radius 2 is 2.40 bits per heavy atom. The zero-order valence-corrected chi connectivity index (χ0v) is 5.55. The van der Waals surface area contributed by atoms with Crippen molar-refractivity contribution in [1.29, 1.82) is 0 Å². The van der Waals surface area contributed by atoms with Crippen molar-refractivity contribution in [2.75, 3.05) is 0 Å². The van der Waals surface area contributed by atoms with Crippen LogP contribution >= 0.6 is 0 Å². The van der Waals surface area contributed by atoms with E-state index in [9.17, 15) is 4.39 Å². The van der Waals surface area contributed by atoms with E-state index in [1.54, 1.807) is 0 Å². The lowest BCUT2D eigenvalue weighted by molar-refractivity contribution is 0.716. The smallest absolute Gasteiger partial charge is 0.0830 e. The van der Waals surface area contributed by atoms with E-state index in [2.05, 4.69) is 6.07 Å². The highest BCUT2D eigenvalue weighted by Gasteiger charge is 1.84. The molecule has 0 heterocycles. The van der Waals surface area contributed by atoms with Crippen LogP contribution in [0.3, 0.4) is 0 Å². The fourth-order valence-corrected chi connectivity index (χ4v) is 0.729. The molecule has 0 saturated heterocycles. The van der Waals surface area contributed by atoms with Gasteiger partial charge < -0.3 is 0 Å². The van der Waals surface area contributed by atoms with Gasteiger partial charge in [0.1, 0.15) is 0 Å². The van der Waals surface area contributed by atoms with Crippen molar-refractivity contribution in [2.45, 2.75) is 6.42 Å². The SMILES string of the molecule is FC=CCc1[c]cccc1. The molecule has 0 unspecified atom stereocenters. The molecule has 0 aromatic heterocycles. The first-order valence-corrected chi connectivity index (χ1v) is 3.14. The summed E-state index contributed by atoms with van der Waals surface area (Å²) in [6.45, 7) is 0. The Hall–Kier alpha value is -1.11. The maximum atomic E-state index is 11.5. The van der Waals surface area contributed by atoms with Gasteiger partial charge in [-0.1, -0.05) is 30.3 Å². The van der Waals surface area contributed by atoms with Gasteiger partial charge in [0.05, 0.1) is 6.33 Å². The summed E-state index contributed by atoms with van der Waals surface area (Å²) in [4.78, 5) is 0. The monoisotopic (exact) mass is 135 g/mol. The van der Waals surface area contributed by atoms with E-state index < -0.39 is 0 Å². The summed E-state index contributed by atoms with van der Waals surface area (Å²) in [5, 5.41) is 0. The average Bonchev–Trinajstić information content (AvgIpc) is 2.03. The Morgan fingerprint density at radius 3 is 3.00 bits per heavy atom. The highest BCUT2D eigenvalue weighted by atomic mass is 19.1. The zero-order valence-electron chi connectivity index (χ0n) is 5.55. The van der Waals surface area contributed by atoms with E-state index in [4.69, 9.17) is 0 Å². The highest BCUT2D eigenvalue weighted by molar-refractivity contribution is 5.15. The Kier molecular flexibility index (Phi) is 2.68. The number of benzene rings is 1. The van der Waals surface area contributed by atoms with Gasteiger partial charge in [-0.15, -0.1) is 0 Å². The van der Waals surface area contributed by atoms with Crippen LogP contribution in [0, 0.1) is 6.07 Å². The van der Waals surface area contributed by atoms with Crippen molar-refractivity contribution in [3.8, 4) is 0 Å². The Labute approximate surface area is 60.0 Å². The third-order valence-electron chi connectivity index (χ3n) is 1.20. The predicted molar refractivity (Wildman–Crippen MR) is 39.2 cm³/mol. The van der Waals surface area contributed by atoms with E-state index in [1.807, 2.05) is 24.3 Å². The standard InChI is InChI=1S/C9H8F/c10-8-4-7-9-5-2-1-3-6-9/h1-5,8H,7H2. The lowest BCUT2D eigenvalue weighted by Crippen LogP contribution is -1.77. The second kappa shape index (κ2) is 3.83. The lowest BCUT2D eigenvalue weighted by Gasteiger charge is -1.90. The van der Waals surface area contributed by atoms with E-state index in [1.165, 1.54) is 6.08 Å². The predicted octanol–water partition coefficient (Wildman–Crippen LogP) is 2.51. The van der Waals surface area contributed by atoms with Gasteiger partial charge in [-0.05, 0) is 18.1 Å². The molecule has 0 aliphatic heterocycles. The van der Waals surface area contributed by atoms with E-state index in [-0.39, 0.29) is 0 Å². The quantitative estimate of drug-likeness (QED) is 0.584. The van der Waals surface area contributed by atoms with Crippen molar-refractivity contribution in [3.05, 3.63) is 48.3 Å². The molecule has 0 atom stereocenters. The lowest BCUT2D eigenvalue weighted by atomic mass is 10.2. The topological polar surface area (TPSA) is 0 Å². The minimum atomic E-state index is 0.556. The van der Waals surface area contributed by atoms with Crippen LogP contribution in [0.25, 0.3) is 0 Å². The molecule has 0 amide bonds. The summed E-state index contributed by atoms with van der Waals surface area (Å²) in [6, 6.07) is 10.5. The molecule has 1 rings (SSSR count). The van der Waals surface area contributed by atoms with Crippen molar-refractivity contribution in [1.82, 2.24) is 0 Å². The number of hydrogen-bond donors (Lipinski definition) is 0. The third-order valence-corrected chi connectivity index (χ3v) is 1.20. The van der Waals surface area contributed by atoms with Gasteiger partial charge in [-0.2, -0.15) is 0 Å². The van der Waals surface area contributed by atoms with Crippen molar-refractivity contribution in [3.63, 3.8) is 0 Å². The molecular weight excluding hydrogens is 127 g/mol. The molecule has 1 heteroatoms. The molecular formula is C9H8F. The molecule has 10 heavy (non-hydrogen) atoms. The highest BCUT2D eigenvalue weighted by Crippen LogP contribution is 1.98. The molecule has 1 aromatic carbocycles. The van der Waals surface area contributed by atoms with Crippen molar-refractivity contribution >= 4 is 0 Å². The van der Waals surface area contributed by atoms with E-state index >= 15 is 0 Å². The summed E-state index contributed by atoms with van der Waals surface area (Å²) in [7, 11) is 0. The van der Waals surface area contributed by atoms with Crippen LogP contribution < -0.4 is 0 Å². The fraction of sp³-hybridized carbons (Fsp3) is 0.111. The molecule has 0 spiro atoms. The van der Waals surface area contributed by atoms with Crippen LogP contribution in [0.2, 0.25) is 0 Å². The summed E-state index contributed by atoms with van der Waals surface area (Å²) >= 11 is 0. The van der Waals surface area contributed by atoms with Gasteiger partial charge in [0.2, 0.25) is 0 Å². The fourth-order valence-electron chi connectivity index (χ4n) is 0.729. The molecule has 0 saturated carbocycles. The summed E-state index contributed by atoms with van der Waals surface area (Å²) in [6.07, 6.45) is 2.64. The van der Waals surface area contributed by atoms with E-state index in [0.717, 1.165) is 5.56 Å². The zero-order chi connectivity index (χ0) is 7.23. The molecule has 0 nitrogen and oxygen atoms in total. The minimum Gasteiger partial charge on any atom is -0.216 e. The molecule has 1 radical (unpaired) electrons. The van der Waals surface area contributed by atoms with Crippen LogP contribution in [0.4, 0.5) is 4.39 Å². The number of rotatable bonds is 2. The maximum absolute atomic E-state index is 11.5. The van der Waals surface area contributed by atoms with E-state index in [0.29, 0.717) is 12.8 Å². The Morgan fingerprint density at radius 1 is 1.50 bits per heavy atom. The van der Waals surface area contributed by atoms with Gasteiger partial charge in [0, 0.05) is 0 Å². The molecule has 1 aromatic rings. The second-order valence-electron chi connectivity index (χ2n) is 1.95. The maximum Gasteiger partial charge on any atom is 0.0830 e. The summed E-state index contributed by atoms with van der Waals surface area (Å²) in [5.74, 6) is 0. The van der Waals surface area contributed by atoms with Gasteiger partial charge in [-0.25, -0.2) is 4.39 Å². The van der Waals surface area contributed by atoms with Crippen LogP contribution in [-0.2, 0) is 6.42 Å². The van der Waals surface area contributed by atoms with Gasteiger partial charge in [0.15, 0.2) is 0 Å². The molecule has 0 aliphatic carbocycles. The molecule has 0 aliphatic rings. The molecule has 51 valence electrons. The summed E-state index contributed by atoms with van der Waals surface area (Å²) in [5.41, 5.74) is 1.01. The van der Waals surface area contributed by atoms with Crippen molar-refractivity contribution in [2.24, 2.45) is 0 Å². The second-order valence-corrected chi connectivity index (χ2v) is 1.95. The molecule has 0 fully saturated rings. The number of hydrogen-bond acceptors (Lipinski definition) is 0. The summed E-state index contributed by atoms with van der Waals surface area (Å²) < 4.78 is 11.5. The normalized spacial score (nSPS) is 10.5. The first-order chi connectivity index (χ1) is 4.93. The number of allylic oxidation sites excluding steroid dienone is 1. The van der Waals surface area contributed by atoms with Crippen LogP contribution in [0.5, 0.6) is 0 Å². The molecule has 0 N–H and O–H groups in total. The first-order valence-electron chi connectivity index (χ1n) is 3.14. The average molecular weight is 135 g/mol.